The van der Waals surface area contributed by atoms with Crippen LogP contribution in [0.3, 0.4) is 0 Å². The number of rotatable bonds is 4. The summed E-state index contributed by atoms with van der Waals surface area (Å²) in [4.78, 5) is 25.7. The fourth-order valence-corrected chi connectivity index (χ4v) is 2.47. The smallest absolute Gasteiger partial charge is 0.285 e. The van der Waals surface area contributed by atoms with Gasteiger partial charge in [0.2, 0.25) is 5.91 Å². The lowest BCUT2D eigenvalue weighted by atomic mass is 10.2. The zero-order valence-electron chi connectivity index (χ0n) is 13.6. The molecule has 4 nitrogen and oxygen atoms in total. The van der Waals surface area contributed by atoms with Gasteiger partial charge < -0.3 is 10.2 Å². The quantitative estimate of drug-likeness (QED) is 0.648. The molecule has 1 N–H and O–H groups in total. The van der Waals surface area contributed by atoms with Gasteiger partial charge in [-0.1, -0.05) is 6.07 Å². The van der Waals surface area contributed by atoms with Gasteiger partial charge in [-0.15, -0.1) is 0 Å². The minimum Gasteiger partial charge on any atom is -0.339 e. The van der Waals surface area contributed by atoms with E-state index in [2.05, 4.69) is 5.32 Å². The lowest BCUT2D eigenvalue weighted by Gasteiger charge is -2.09. The molecule has 0 spiro atoms. The summed E-state index contributed by atoms with van der Waals surface area (Å²) in [5.41, 5.74) is 0.233. The average molecular weight is 362 g/mol. The molecule has 0 unspecified atom stereocenters. The molecule has 0 aliphatic heterocycles. The van der Waals surface area contributed by atoms with Gasteiger partial charge in [-0.2, -0.15) is 0 Å². The molecule has 2 aromatic carbocycles. The summed E-state index contributed by atoms with van der Waals surface area (Å²) < 4.78 is 27.0. The molecule has 0 bridgehead atoms. The number of nitrogens with zero attached hydrogens (tertiary/aromatic N) is 1. The third-order valence-corrected chi connectivity index (χ3v) is 4.14. The molecule has 0 aliphatic carbocycles. The highest BCUT2D eigenvalue weighted by molar-refractivity contribution is 8.13. The van der Waals surface area contributed by atoms with Crippen LogP contribution in [0.25, 0.3) is 6.08 Å². The molecule has 7 heteroatoms. The van der Waals surface area contributed by atoms with E-state index in [0.717, 1.165) is 40.9 Å². The molecule has 2 amide bonds. The lowest BCUT2D eigenvalue weighted by molar-refractivity contribution is -0.111. The molecule has 0 saturated carbocycles. The maximum atomic E-state index is 13.5. The third-order valence-electron chi connectivity index (χ3n) is 3.09. The van der Waals surface area contributed by atoms with Gasteiger partial charge in [0.1, 0.15) is 11.6 Å². The summed E-state index contributed by atoms with van der Waals surface area (Å²) in [6.45, 7) is 0. The maximum absolute atomic E-state index is 13.5. The number of carbonyl (C=O) groups excluding carboxylic acids is 2. The van der Waals surface area contributed by atoms with Gasteiger partial charge in [-0.05, 0) is 54.2 Å². The van der Waals surface area contributed by atoms with Gasteiger partial charge >= 0.3 is 0 Å². The van der Waals surface area contributed by atoms with Crippen LogP contribution in [0.1, 0.15) is 5.56 Å². The van der Waals surface area contributed by atoms with Crippen molar-refractivity contribution in [3.63, 3.8) is 0 Å². The molecule has 0 radical (unpaired) electrons. The normalized spacial score (nSPS) is 10.7. The number of benzene rings is 2. The van der Waals surface area contributed by atoms with Gasteiger partial charge in [0.05, 0.1) is 0 Å². The summed E-state index contributed by atoms with van der Waals surface area (Å²) in [5, 5.41) is 2.47. The van der Waals surface area contributed by atoms with Gasteiger partial charge in [0.25, 0.3) is 5.24 Å². The van der Waals surface area contributed by atoms with E-state index >= 15 is 0 Å². The van der Waals surface area contributed by atoms with Crippen LogP contribution in [-0.4, -0.2) is 30.1 Å². The molecular weight excluding hydrogens is 346 g/mol. The Morgan fingerprint density at radius 3 is 2.20 bits per heavy atom. The van der Waals surface area contributed by atoms with Crippen molar-refractivity contribution in [3.05, 3.63) is 65.7 Å². The molecule has 0 aromatic heterocycles. The van der Waals surface area contributed by atoms with E-state index in [4.69, 9.17) is 0 Å². The molecule has 2 rings (SSSR count). The van der Waals surface area contributed by atoms with E-state index in [1.165, 1.54) is 11.0 Å². The van der Waals surface area contributed by atoms with Crippen molar-refractivity contribution in [1.29, 1.82) is 0 Å². The molecular formula is C18H16F2N2O2S. The van der Waals surface area contributed by atoms with Crippen molar-refractivity contribution in [2.75, 3.05) is 19.4 Å². The summed E-state index contributed by atoms with van der Waals surface area (Å²) in [6, 6.07) is 10.2. The van der Waals surface area contributed by atoms with Crippen molar-refractivity contribution in [2.45, 2.75) is 4.90 Å². The van der Waals surface area contributed by atoms with Gasteiger partial charge in [-0.3, -0.25) is 9.59 Å². The molecule has 0 aliphatic rings. The summed E-state index contributed by atoms with van der Waals surface area (Å²) in [5.74, 6) is -2.00. The Morgan fingerprint density at radius 1 is 1.04 bits per heavy atom. The van der Waals surface area contributed by atoms with Crippen LogP contribution in [-0.2, 0) is 4.79 Å². The number of nitrogens with one attached hydrogen (secondary N) is 1. The minimum atomic E-state index is -0.740. The highest BCUT2D eigenvalue weighted by Crippen LogP contribution is 2.22. The van der Waals surface area contributed by atoms with Crippen LogP contribution >= 0.6 is 11.8 Å². The van der Waals surface area contributed by atoms with Crippen molar-refractivity contribution >= 4 is 34.7 Å². The Bertz CT molecular complexity index is 785. The second-order valence-corrected chi connectivity index (χ2v) is 6.27. The van der Waals surface area contributed by atoms with Crippen LogP contribution in [0.15, 0.2) is 53.4 Å². The molecule has 0 atom stereocenters. The number of hydrogen-bond donors (Lipinski definition) is 1. The topological polar surface area (TPSA) is 49.4 Å². The van der Waals surface area contributed by atoms with Crippen LogP contribution < -0.4 is 5.32 Å². The van der Waals surface area contributed by atoms with Crippen molar-refractivity contribution in [2.24, 2.45) is 0 Å². The monoisotopic (exact) mass is 362 g/mol. The predicted octanol–water partition coefficient (Wildman–Crippen LogP) is 4.39. The first-order valence-corrected chi connectivity index (χ1v) is 8.11. The second-order valence-electron chi connectivity index (χ2n) is 5.24. The molecule has 0 fully saturated rings. The molecule has 2 aromatic rings. The van der Waals surface area contributed by atoms with Gasteiger partial charge in [0.15, 0.2) is 0 Å². The van der Waals surface area contributed by atoms with Gasteiger partial charge in [-0.25, -0.2) is 8.78 Å². The van der Waals surface area contributed by atoms with Crippen LogP contribution in [0.5, 0.6) is 0 Å². The Balaban J connectivity index is 1.99. The molecule has 0 heterocycles. The maximum Gasteiger partial charge on any atom is 0.285 e. The summed E-state index contributed by atoms with van der Waals surface area (Å²) in [7, 11) is 3.32. The SMILES string of the molecule is CN(C)C(=O)Sc1ccc(NC(=O)/C=C/c2c(F)cccc2F)cc1. The molecule has 130 valence electrons. The predicted molar refractivity (Wildman–Crippen MR) is 95.4 cm³/mol. The number of amides is 2. The van der Waals surface area contributed by atoms with Crippen molar-refractivity contribution in [3.8, 4) is 0 Å². The zero-order chi connectivity index (χ0) is 18.4. The van der Waals surface area contributed by atoms with Crippen LogP contribution in [0.4, 0.5) is 19.3 Å². The summed E-state index contributed by atoms with van der Waals surface area (Å²) >= 11 is 1.07. The average Bonchev–Trinajstić information content (AvgIpc) is 2.56. The third kappa shape index (κ3) is 5.42. The van der Waals surface area contributed by atoms with E-state index in [1.807, 2.05) is 0 Å². The van der Waals surface area contributed by atoms with Crippen LogP contribution in [0.2, 0.25) is 0 Å². The first kappa shape index (κ1) is 18.7. The Hall–Kier alpha value is -2.67. The highest BCUT2D eigenvalue weighted by Gasteiger charge is 2.08. The van der Waals surface area contributed by atoms with E-state index < -0.39 is 17.5 Å². The summed E-state index contributed by atoms with van der Waals surface area (Å²) in [6.07, 6.45) is 2.14. The lowest BCUT2D eigenvalue weighted by Crippen LogP contribution is -2.16. The van der Waals surface area contributed by atoms with Crippen LogP contribution in [0, 0.1) is 11.6 Å². The van der Waals surface area contributed by atoms with Gasteiger partial charge in [0, 0.05) is 36.3 Å². The highest BCUT2D eigenvalue weighted by atomic mass is 32.2. The number of halogens is 2. The van der Waals surface area contributed by atoms with E-state index in [1.54, 1.807) is 38.4 Å². The fraction of sp³-hybridized carbons (Fsp3) is 0.111. The zero-order valence-corrected chi connectivity index (χ0v) is 14.4. The first-order valence-electron chi connectivity index (χ1n) is 7.29. The Labute approximate surface area is 148 Å². The largest absolute Gasteiger partial charge is 0.339 e. The van der Waals surface area contributed by atoms with Crippen molar-refractivity contribution in [1.82, 2.24) is 4.90 Å². The minimum absolute atomic E-state index is 0.105. The Morgan fingerprint density at radius 2 is 1.64 bits per heavy atom. The second kappa shape index (κ2) is 8.43. The first-order chi connectivity index (χ1) is 11.9. The van der Waals surface area contributed by atoms with E-state index in [0.29, 0.717) is 5.69 Å². The Kier molecular flexibility index (Phi) is 6.30. The fourth-order valence-electron chi connectivity index (χ4n) is 1.81. The number of hydrogen-bond acceptors (Lipinski definition) is 3. The standard InChI is InChI=1S/C18H16F2N2O2S/c1-22(2)18(24)25-13-8-6-12(7-9-13)21-17(23)11-10-14-15(19)4-3-5-16(14)20/h3-11H,1-2H3,(H,21,23)/b11-10+. The number of carbonyl (C=O) groups is 2. The number of anilines is 1. The molecule has 0 saturated heterocycles. The van der Waals surface area contributed by atoms with E-state index in [9.17, 15) is 18.4 Å². The molecule has 25 heavy (non-hydrogen) atoms. The van der Waals surface area contributed by atoms with E-state index in [-0.39, 0.29) is 10.8 Å². The number of thioether (sulfide) groups is 1. The van der Waals surface area contributed by atoms with Crippen molar-refractivity contribution < 1.29 is 18.4 Å².